The van der Waals surface area contributed by atoms with Gasteiger partial charge in [-0.2, -0.15) is 5.10 Å². The fourth-order valence-electron chi connectivity index (χ4n) is 2.79. The number of H-pyrrole nitrogens is 1. The van der Waals surface area contributed by atoms with Crippen LogP contribution in [0, 0.1) is 5.82 Å². The summed E-state index contributed by atoms with van der Waals surface area (Å²) in [4.78, 5) is 10.7. The maximum absolute atomic E-state index is 13.1. The zero-order valence-corrected chi connectivity index (χ0v) is 13.2. The van der Waals surface area contributed by atoms with E-state index >= 15 is 0 Å². The van der Waals surface area contributed by atoms with Gasteiger partial charge in [0, 0.05) is 17.0 Å². The third kappa shape index (κ3) is 3.37. The van der Waals surface area contributed by atoms with Crippen molar-refractivity contribution in [2.45, 2.75) is 25.8 Å². The number of nitrogens with zero attached hydrogens (tertiary/aromatic N) is 1. The van der Waals surface area contributed by atoms with E-state index in [-0.39, 0.29) is 11.9 Å². The molecule has 0 saturated carbocycles. The maximum atomic E-state index is 13.1. The SMILES string of the molecule is CC(CCc1cccc2c(-c3ccc(F)cc3)n[nH]c12)NC(=O)O. The summed E-state index contributed by atoms with van der Waals surface area (Å²) in [7, 11) is 0. The van der Waals surface area contributed by atoms with Crippen molar-refractivity contribution in [1.82, 2.24) is 15.5 Å². The first-order valence-electron chi connectivity index (χ1n) is 7.76. The van der Waals surface area contributed by atoms with E-state index in [0.29, 0.717) is 6.42 Å². The number of nitrogens with one attached hydrogen (secondary N) is 2. The molecule has 1 unspecified atom stereocenters. The van der Waals surface area contributed by atoms with E-state index in [0.717, 1.165) is 34.1 Å². The molecule has 3 N–H and O–H groups in total. The van der Waals surface area contributed by atoms with Crippen molar-refractivity contribution < 1.29 is 14.3 Å². The van der Waals surface area contributed by atoms with Gasteiger partial charge in [-0.25, -0.2) is 9.18 Å². The Kier molecular flexibility index (Phi) is 4.46. The topological polar surface area (TPSA) is 78.0 Å². The predicted molar refractivity (Wildman–Crippen MR) is 90.4 cm³/mol. The Labute approximate surface area is 138 Å². The minimum atomic E-state index is -1.01. The van der Waals surface area contributed by atoms with Gasteiger partial charge in [0.05, 0.1) is 11.2 Å². The van der Waals surface area contributed by atoms with Crippen LogP contribution in [0.1, 0.15) is 18.9 Å². The van der Waals surface area contributed by atoms with Crippen LogP contribution in [-0.4, -0.2) is 27.4 Å². The Hall–Kier alpha value is -2.89. The number of halogens is 1. The molecule has 2 aromatic carbocycles. The van der Waals surface area contributed by atoms with Crippen LogP contribution in [0.4, 0.5) is 9.18 Å². The highest BCUT2D eigenvalue weighted by atomic mass is 19.1. The third-order valence-corrected chi connectivity index (χ3v) is 4.02. The van der Waals surface area contributed by atoms with Gasteiger partial charge in [0.25, 0.3) is 0 Å². The number of carbonyl (C=O) groups is 1. The largest absolute Gasteiger partial charge is 0.465 e. The van der Waals surface area contributed by atoms with Crippen LogP contribution in [0.15, 0.2) is 42.5 Å². The second-order valence-corrected chi connectivity index (χ2v) is 5.81. The summed E-state index contributed by atoms with van der Waals surface area (Å²) in [6.45, 7) is 1.84. The standard InChI is InChI=1S/C18H18FN3O2/c1-11(20-18(23)24)5-6-12-3-2-4-15-16(12)21-22-17(15)13-7-9-14(19)10-8-13/h2-4,7-11,20H,5-6H2,1H3,(H,21,22)(H,23,24). The first kappa shape index (κ1) is 16.0. The second kappa shape index (κ2) is 6.70. The number of carboxylic acid groups (broad SMARTS) is 1. The van der Waals surface area contributed by atoms with Gasteiger partial charge in [-0.3, -0.25) is 5.10 Å². The number of aromatic nitrogens is 2. The summed E-state index contributed by atoms with van der Waals surface area (Å²) in [5.41, 5.74) is 3.64. The number of fused-ring (bicyclic) bond motifs is 1. The van der Waals surface area contributed by atoms with E-state index in [2.05, 4.69) is 15.5 Å². The number of aryl methyl sites for hydroxylation is 1. The van der Waals surface area contributed by atoms with E-state index in [1.165, 1.54) is 12.1 Å². The molecule has 0 aliphatic carbocycles. The van der Waals surface area contributed by atoms with Crippen LogP contribution in [0.3, 0.4) is 0 Å². The smallest absolute Gasteiger partial charge is 0.404 e. The van der Waals surface area contributed by atoms with Crippen LogP contribution >= 0.6 is 0 Å². The number of rotatable bonds is 5. The minimum Gasteiger partial charge on any atom is -0.465 e. The molecular weight excluding hydrogens is 309 g/mol. The van der Waals surface area contributed by atoms with Gasteiger partial charge < -0.3 is 10.4 Å². The summed E-state index contributed by atoms with van der Waals surface area (Å²) in [5.74, 6) is -0.279. The second-order valence-electron chi connectivity index (χ2n) is 5.81. The average Bonchev–Trinajstić information content (AvgIpc) is 2.97. The lowest BCUT2D eigenvalue weighted by molar-refractivity contribution is 0.190. The van der Waals surface area contributed by atoms with Crippen molar-refractivity contribution in [3.8, 4) is 11.3 Å². The monoisotopic (exact) mass is 327 g/mol. The quantitative estimate of drug-likeness (QED) is 0.664. The van der Waals surface area contributed by atoms with E-state index < -0.39 is 6.09 Å². The number of benzene rings is 2. The number of aromatic amines is 1. The lowest BCUT2D eigenvalue weighted by atomic mass is 10.0. The molecule has 6 heteroatoms. The molecule has 0 bridgehead atoms. The number of hydrogen-bond acceptors (Lipinski definition) is 2. The fourth-order valence-corrected chi connectivity index (χ4v) is 2.79. The first-order valence-corrected chi connectivity index (χ1v) is 7.76. The molecule has 3 aromatic rings. The van der Waals surface area contributed by atoms with Gasteiger partial charge >= 0.3 is 6.09 Å². The summed E-state index contributed by atoms with van der Waals surface area (Å²) >= 11 is 0. The van der Waals surface area contributed by atoms with E-state index in [9.17, 15) is 9.18 Å². The number of para-hydroxylation sites is 1. The van der Waals surface area contributed by atoms with Crippen LogP contribution in [0.5, 0.6) is 0 Å². The molecule has 0 radical (unpaired) electrons. The van der Waals surface area contributed by atoms with Crippen molar-refractivity contribution in [1.29, 1.82) is 0 Å². The van der Waals surface area contributed by atoms with Gasteiger partial charge in [0.1, 0.15) is 5.82 Å². The van der Waals surface area contributed by atoms with Crippen molar-refractivity contribution in [2.24, 2.45) is 0 Å². The average molecular weight is 327 g/mol. The lowest BCUT2D eigenvalue weighted by Gasteiger charge is -2.11. The molecule has 3 rings (SSSR count). The maximum Gasteiger partial charge on any atom is 0.404 e. The molecule has 1 aromatic heterocycles. The van der Waals surface area contributed by atoms with Crippen molar-refractivity contribution in [2.75, 3.05) is 0 Å². The molecule has 0 fully saturated rings. The zero-order valence-electron chi connectivity index (χ0n) is 13.2. The Bertz CT molecular complexity index is 858. The lowest BCUT2D eigenvalue weighted by Crippen LogP contribution is -2.31. The zero-order chi connectivity index (χ0) is 17.1. The number of hydrogen-bond donors (Lipinski definition) is 3. The molecule has 0 aliphatic rings. The van der Waals surface area contributed by atoms with Crippen molar-refractivity contribution in [3.05, 3.63) is 53.8 Å². The van der Waals surface area contributed by atoms with Gasteiger partial charge in [-0.05, 0) is 49.6 Å². The Morgan fingerprint density at radius 3 is 2.75 bits per heavy atom. The summed E-state index contributed by atoms with van der Waals surface area (Å²) in [6.07, 6.45) is 0.404. The van der Waals surface area contributed by atoms with Crippen LogP contribution in [0.25, 0.3) is 22.2 Å². The molecule has 1 amide bonds. The highest BCUT2D eigenvalue weighted by Gasteiger charge is 2.12. The predicted octanol–water partition coefficient (Wildman–Crippen LogP) is 3.96. The first-order chi connectivity index (χ1) is 11.5. The highest BCUT2D eigenvalue weighted by Crippen LogP contribution is 2.28. The summed E-state index contributed by atoms with van der Waals surface area (Å²) in [5, 5.41) is 19.6. The van der Waals surface area contributed by atoms with Crippen LogP contribution in [0.2, 0.25) is 0 Å². The Morgan fingerprint density at radius 1 is 1.29 bits per heavy atom. The fraction of sp³-hybridized carbons (Fsp3) is 0.222. The summed E-state index contributed by atoms with van der Waals surface area (Å²) in [6, 6.07) is 12.0. The van der Waals surface area contributed by atoms with Gasteiger partial charge in [0.2, 0.25) is 0 Å². The van der Waals surface area contributed by atoms with E-state index in [4.69, 9.17) is 5.11 Å². The normalized spacial score (nSPS) is 12.2. The van der Waals surface area contributed by atoms with Crippen molar-refractivity contribution in [3.63, 3.8) is 0 Å². The molecular formula is C18H18FN3O2. The summed E-state index contributed by atoms with van der Waals surface area (Å²) < 4.78 is 13.1. The van der Waals surface area contributed by atoms with E-state index in [1.807, 2.05) is 25.1 Å². The molecule has 124 valence electrons. The molecule has 24 heavy (non-hydrogen) atoms. The number of amides is 1. The van der Waals surface area contributed by atoms with Gasteiger partial charge in [-0.1, -0.05) is 18.2 Å². The minimum absolute atomic E-state index is 0.128. The molecule has 0 spiro atoms. The van der Waals surface area contributed by atoms with Crippen LogP contribution in [-0.2, 0) is 6.42 Å². The molecule has 5 nitrogen and oxygen atoms in total. The van der Waals surface area contributed by atoms with Gasteiger partial charge in [-0.15, -0.1) is 0 Å². The third-order valence-electron chi connectivity index (χ3n) is 4.02. The Balaban J connectivity index is 1.86. The molecule has 1 heterocycles. The molecule has 0 aliphatic heterocycles. The van der Waals surface area contributed by atoms with Gasteiger partial charge in [0.15, 0.2) is 0 Å². The van der Waals surface area contributed by atoms with Crippen molar-refractivity contribution >= 4 is 17.0 Å². The Morgan fingerprint density at radius 2 is 2.04 bits per heavy atom. The highest BCUT2D eigenvalue weighted by molar-refractivity contribution is 5.94. The van der Waals surface area contributed by atoms with E-state index in [1.54, 1.807) is 12.1 Å². The molecule has 1 atom stereocenters. The van der Waals surface area contributed by atoms with Crippen LogP contribution < -0.4 is 5.32 Å². The molecule has 0 saturated heterocycles.